The summed E-state index contributed by atoms with van der Waals surface area (Å²) in [5, 5.41) is 5.96. The number of piperazine rings is 1. The number of methoxy groups -OCH3 is 1. The fourth-order valence-corrected chi connectivity index (χ4v) is 3.35. The normalized spacial score (nSPS) is 15.2. The summed E-state index contributed by atoms with van der Waals surface area (Å²) in [6.07, 6.45) is 0. The van der Waals surface area contributed by atoms with Crippen molar-refractivity contribution < 1.29 is 9.53 Å². The van der Waals surface area contributed by atoms with Crippen LogP contribution in [0.3, 0.4) is 0 Å². The molecule has 1 aliphatic rings. The van der Waals surface area contributed by atoms with Gasteiger partial charge in [0, 0.05) is 37.6 Å². The lowest BCUT2D eigenvalue weighted by Crippen LogP contribution is -2.44. The van der Waals surface area contributed by atoms with Gasteiger partial charge in [-0.2, -0.15) is 0 Å². The summed E-state index contributed by atoms with van der Waals surface area (Å²) in [5.74, 6) is 0.796. The highest BCUT2D eigenvalue weighted by Gasteiger charge is 2.23. The third-order valence-corrected chi connectivity index (χ3v) is 5.23. The van der Waals surface area contributed by atoms with Crippen molar-refractivity contribution in [3.8, 4) is 5.75 Å². The first kappa shape index (κ1) is 20.0. The lowest BCUT2D eigenvalue weighted by Gasteiger charge is -2.34. The van der Waals surface area contributed by atoms with Crippen molar-refractivity contribution in [2.75, 3.05) is 50.6 Å². The third-order valence-electron chi connectivity index (χ3n) is 5.23. The molecule has 0 aliphatic carbocycles. The first-order chi connectivity index (χ1) is 13.4. The Morgan fingerprint density at radius 2 is 1.57 bits per heavy atom. The zero-order valence-corrected chi connectivity index (χ0v) is 17.2. The van der Waals surface area contributed by atoms with Gasteiger partial charge in [0.2, 0.25) is 0 Å². The summed E-state index contributed by atoms with van der Waals surface area (Å²) in [6, 6.07) is 15.5. The maximum absolute atomic E-state index is 12.5. The highest BCUT2D eigenvalue weighted by Crippen LogP contribution is 2.23. The van der Waals surface area contributed by atoms with Crippen molar-refractivity contribution >= 4 is 17.4 Å². The van der Waals surface area contributed by atoms with Crippen LogP contribution in [0.15, 0.2) is 48.5 Å². The molecule has 3 rings (SSSR count). The van der Waals surface area contributed by atoms with Crippen LogP contribution in [-0.2, 0) is 5.54 Å². The molecule has 1 heterocycles. The van der Waals surface area contributed by atoms with Crippen LogP contribution in [0.5, 0.6) is 5.75 Å². The molecule has 150 valence electrons. The monoisotopic (exact) mass is 382 g/mol. The number of hydrogen-bond acceptors (Lipinski definition) is 4. The predicted molar refractivity (Wildman–Crippen MR) is 114 cm³/mol. The summed E-state index contributed by atoms with van der Waals surface area (Å²) in [4.78, 5) is 17.2. The second kappa shape index (κ2) is 8.52. The standard InChI is InChI=1S/C22H30N4O2/c1-22(2,17-5-11-20(28-4)12-6-17)24-21(27)23-18-7-9-19(10-8-18)26-15-13-25(3)14-16-26/h5-12H,13-16H2,1-4H3,(H2,23,24,27). The van der Waals surface area contributed by atoms with Gasteiger partial charge in [0.25, 0.3) is 0 Å². The number of rotatable bonds is 5. The maximum Gasteiger partial charge on any atom is 0.319 e. The van der Waals surface area contributed by atoms with Gasteiger partial charge in [-0.1, -0.05) is 12.1 Å². The highest BCUT2D eigenvalue weighted by atomic mass is 16.5. The zero-order chi connectivity index (χ0) is 20.1. The van der Waals surface area contributed by atoms with E-state index in [0.29, 0.717) is 0 Å². The van der Waals surface area contributed by atoms with E-state index in [1.165, 1.54) is 5.69 Å². The molecule has 0 bridgehead atoms. The number of urea groups is 1. The van der Waals surface area contributed by atoms with Gasteiger partial charge in [-0.15, -0.1) is 0 Å². The molecule has 1 fully saturated rings. The number of nitrogens with zero attached hydrogens (tertiary/aromatic N) is 2. The smallest absolute Gasteiger partial charge is 0.319 e. The van der Waals surface area contributed by atoms with Crippen LogP contribution in [0.4, 0.5) is 16.2 Å². The van der Waals surface area contributed by atoms with E-state index in [1.807, 2.05) is 50.2 Å². The molecule has 28 heavy (non-hydrogen) atoms. The van der Waals surface area contributed by atoms with E-state index in [9.17, 15) is 4.79 Å². The highest BCUT2D eigenvalue weighted by molar-refractivity contribution is 5.90. The summed E-state index contributed by atoms with van der Waals surface area (Å²) in [6.45, 7) is 8.15. The van der Waals surface area contributed by atoms with Gasteiger partial charge < -0.3 is 25.2 Å². The van der Waals surface area contributed by atoms with Gasteiger partial charge in [-0.3, -0.25) is 0 Å². The number of benzene rings is 2. The summed E-state index contributed by atoms with van der Waals surface area (Å²) < 4.78 is 5.20. The van der Waals surface area contributed by atoms with Crippen molar-refractivity contribution in [3.63, 3.8) is 0 Å². The Morgan fingerprint density at radius 1 is 0.964 bits per heavy atom. The maximum atomic E-state index is 12.5. The van der Waals surface area contributed by atoms with E-state index in [0.717, 1.165) is 43.2 Å². The van der Waals surface area contributed by atoms with Gasteiger partial charge in [0.1, 0.15) is 5.75 Å². The van der Waals surface area contributed by atoms with E-state index >= 15 is 0 Å². The van der Waals surface area contributed by atoms with Crippen LogP contribution in [-0.4, -0.2) is 51.3 Å². The lowest BCUT2D eigenvalue weighted by molar-refractivity contribution is 0.242. The molecular formula is C22H30N4O2. The molecule has 6 heteroatoms. The van der Waals surface area contributed by atoms with E-state index in [2.05, 4.69) is 39.6 Å². The number of amides is 2. The minimum Gasteiger partial charge on any atom is -0.497 e. The Kier molecular flexibility index (Phi) is 6.09. The molecule has 2 N–H and O–H groups in total. The quantitative estimate of drug-likeness (QED) is 0.831. The number of nitrogens with one attached hydrogen (secondary N) is 2. The molecule has 2 aromatic carbocycles. The number of hydrogen-bond donors (Lipinski definition) is 2. The van der Waals surface area contributed by atoms with Crippen molar-refractivity contribution in [3.05, 3.63) is 54.1 Å². The summed E-state index contributed by atoms with van der Waals surface area (Å²) in [5.41, 5.74) is 2.48. The van der Waals surface area contributed by atoms with Crippen LogP contribution >= 0.6 is 0 Å². The Morgan fingerprint density at radius 3 is 2.14 bits per heavy atom. The number of carbonyl (C=O) groups excluding carboxylic acids is 1. The molecule has 0 aromatic heterocycles. The molecule has 0 unspecified atom stereocenters. The Bertz CT molecular complexity index is 779. The Hall–Kier alpha value is -2.73. The SMILES string of the molecule is COc1ccc(C(C)(C)NC(=O)Nc2ccc(N3CCN(C)CC3)cc2)cc1. The van der Waals surface area contributed by atoms with Gasteiger partial charge in [-0.05, 0) is 62.9 Å². The van der Waals surface area contributed by atoms with Crippen LogP contribution in [0.1, 0.15) is 19.4 Å². The summed E-state index contributed by atoms with van der Waals surface area (Å²) >= 11 is 0. The summed E-state index contributed by atoms with van der Waals surface area (Å²) in [7, 11) is 3.79. The fourth-order valence-electron chi connectivity index (χ4n) is 3.35. The predicted octanol–water partition coefficient (Wildman–Crippen LogP) is 3.50. The Labute approximate surface area is 167 Å². The average Bonchev–Trinajstić information content (AvgIpc) is 2.69. The zero-order valence-electron chi connectivity index (χ0n) is 17.2. The van der Waals surface area contributed by atoms with E-state index in [1.54, 1.807) is 7.11 Å². The first-order valence-electron chi connectivity index (χ1n) is 9.64. The van der Waals surface area contributed by atoms with Gasteiger partial charge in [-0.25, -0.2) is 4.79 Å². The number of anilines is 2. The molecule has 2 aromatic rings. The first-order valence-corrected chi connectivity index (χ1v) is 9.64. The van der Waals surface area contributed by atoms with Crippen LogP contribution in [0.2, 0.25) is 0 Å². The molecular weight excluding hydrogens is 352 g/mol. The van der Waals surface area contributed by atoms with E-state index in [-0.39, 0.29) is 6.03 Å². The molecule has 0 saturated carbocycles. The number of likely N-dealkylation sites (N-methyl/N-ethyl adjacent to an activating group) is 1. The molecule has 6 nitrogen and oxygen atoms in total. The second-order valence-electron chi connectivity index (χ2n) is 7.77. The van der Waals surface area contributed by atoms with Crippen molar-refractivity contribution in [1.29, 1.82) is 0 Å². The lowest BCUT2D eigenvalue weighted by atomic mass is 9.94. The van der Waals surface area contributed by atoms with Gasteiger partial charge in [0.15, 0.2) is 0 Å². The third kappa shape index (κ3) is 4.95. The molecule has 0 spiro atoms. The molecule has 0 atom stereocenters. The van der Waals surface area contributed by atoms with E-state index in [4.69, 9.17) is 4.74 Å². The van der Waals surface area contributed by atoms with Crippen LogP contribution < -0.4 is 20.3 Å². The van der Waals surface area contributed by atoms with Crippen molar-refractivity contribution in [2.45, 2.75) is 19.4 Å². The number of ether oxygens (including phenoxy) is 1. The Balaban J connectivity index is 1.57. The fraction of sp³-hybridized carbons (Fsp3) is 0.409. The van der Waals surface area contributed by atoms with Crippen LogP contribution in [0, 0.1) is 0 Å². The van der Waals surface area contributed by atoms with Crippen LogP contribution in [0.25, 0.3) is 0 Å². The largest absolute Gasteiger partial charge is 0.497 e. The minimum absolute atomic E-state index is 0.229. The second-order valence-corrected chi connectivity index (χ2v) is 7.77. The molecule has 1 saturated heterocycles. The molecule has 0 radical (unpaired) electrons. The van der Waals surface area contributed by atoms with E-state index < -0.39 is 5.54 Å². The van der Waals surface area contributed by atoms with Crippen molar-refractivity contribution in [2.24, 2.45) is 0 Å². The topological polar surface area (TPSA) is 56.8 Å². The molecule has 1 aliphatic heterocycles. The van der Waals surface area contributed by atoms with Gasteiger partial charge in [0.05, 0.1) is 12.6 Å². The molecule has 2 amide bonds. The van der Waals surface area contributed by atoms with Gasteiger partial charge >= 0.3 is 6.03 Å². The van der Waals surface area contributed by atoms with Crippen molar-refractivity contribution in [1.82, 2.24) is 10.2 Å². The minimum atomic E-state index is -0.504. The average molecular weight is 383 g/mol. The number of carbonyl (C=O) groups is 1.